The van der Waals surface area contributed by atoms with Gasteiger partial charge in [0.2, 0.25) is 11.8 Å². The number of aryl methyl sites for hydroxylation is 1. The number of benzene rings is 2. The summed E-state index contributed by atoms with van der Waals surface area (Å²) in [4.78, 5) is 28.1. The van der Waals surface area contributed by atoms with Crippen LogP contribution in [0.2, 0.25) is 10.0 Å². The van der Waals surface area contributed by atoms with Gasteiger partial charge in [0.05, 0.1) is 15.8 Å². The number of carbonyl (C=O) groups is 2. The largest absolute Gasteiger partial charge is 0.350 e. The highest BCUT2D eigenvalue weighted by Crippen LogP contribution is 2.25. The first-order valence-electron chi connectivity index (χ1n) is 10.7. The number of thioether (sulfide) groups is 1. The van der Waals surface area contributed by atoms with Crippen LogP contribution in [-0.2, 0) is 21.9 Å². The van der Waals surface area contributed by atoms with Crippen LogP contribution in [-0.4, -0.2) is 34.0 Å². The zero-order valence-corrected chi connectivity index (χ0v) is 21.7. The molecule has 2 rings (SSSR count). The number of nitrogens with zero attached hydrogens (tertiary/aromatic N) is 1. The van der Waals surface area contributed by atoms with Gasteiger partial charge in [-0.05, 0) is 62.9 Å². The normalized spacial score (nSPS) is 12.3. The molecular weight excluding hydrogens is 463 g/mol. The van der Waals surface area contributed by atoms with Gasteiger partial charge in [-0.1, -0.05) is 60.5 Å². The minimum Gasteiger partial charge on any atom is -0.350 e. The molecule has 32 heavy (non-hydrogen) atoms. The summed E-state index contributed by atoms with van der Waals surface area (Å²) < 4.78 is 0. The maximum Gasteiger partial charge on any atom is 0.243 e. The Morgan fingerprint density at radius 3 is 2.38 bits per heavy atom. The van der Waals surface area contributed by atoms with Crippen molar-refractivity contribution in [3.8, 4) is 0 Å². The molecule has 2 aromatic rings. The summed E-state index contributed by atoms with van der Waals surface area (Å²) in [5, 5.41) is 4.05. The monoisotopic (exact) mass is 494 g/mol. The Morgan fingerprint density at radius 1 is 1.09 bits per heavy atom. The fourth-order valence-corrected chi connectivity index (χ4v) is 4.49. The summed E-state index contributed by atoms with van der Waals surface area (Å²) >= 11 is 13.6. The highest BCUT2D eigenvalue weighted by atomic mass is 35.5. The lowest BCUT2D eigenvalue weighted by Gasteiger charge is -2.33. The molecule has 0 heterocycles. The molecule has 4 nitrogen and oxygen atoms in total. The Morgan fingerprint density at radius 2 is 1.78 bits per heavy atom. The summed E-state index contributed by atoms with van der Waals surface area (Å²) in [6.07, 6.45) is 0.539. The zero-order valence-electron chi connectivity index (χ0n) is 19.4. The van der Waals surface area contributed by atoms with E-state index in [0.29, 0.717) is 28.8 Å². The number of carbonyl (C=O) groups excluding carboxylic acids is 2. The summed E-state index contributed by atoms with van der Waals surface area (Å²) in [6.45, 7) is 10.2. The lowest BCUT2D eigenvalue weighted by molar-refractivity contribution is -0.140. The quantitative estimate of drug-likeness (QED) is 0.447. The third-order valence-electron chi connectivity index (χ3n) is 4.96. The standard InChI is InChI=1S/C25H32Cl2N2O2S/c1-6-22(24(31)28-25(3,4)5)29(14-19-10-8-7-9-17(19)2)23(30)16-32-15-18-11-12-20(26)21(27)13-18/h7-13,22H,6,14-16H2,1-5H3,(H,28,31)/t22-/m1/s1. The van der Waals surface area contributed by atoms with E-state index in [1.54, 1.807) is 11.0 Å². The molecule has 0 saturated heterocycles. The molecule has 0 spiro atoms. The van der Waals surface area contributed by atoms with E-state index in [1.165, 1.54) is 11.8 Å². The van der Waals surface area contributed by atoms with Crippen molar-refractivity contribution in [2.24, 2.45) is 0 Å². The summed E-state index contributed by atoms with van der Waals surface area (Å²) in [5.74, 6) is 0.711. The number of nitrogens with one attached hydrogen (secondary N) is 1. The topological polar surface area (TPSA) is 49.4 Å². The van der Waals surface area contributed by atoms with E-state index in [-0.39, 0.29) is 23.1 Å². The molecule has 0 unspecified atom stereocenters. The van der Waals surface area contributed by atoms with E-state index in [0.717, 1.165) is 16.7 Å². The maximum atomic E-state index is 13.3. The van der Waals surface area contributed by atoms with Crippen LogP contribution in [0.3, 0.4) is 0 Å². The highest BCUT2D eigenvalue weighted by Gasteiger charge is 2.30. The van der Waals surface area contributed by atoms with Crippen molar-refractivity contribution in [3.63, 3.8) is 0 Å². The number of rotatable bonds is 9. The second kappa shape index (κ2) is 12.0. The molecule has 2 aromatic carbocycles. The Kier molecular flexibility index (Phi) is 9.93. The number of hydrogen-bond acceptors (Lipinski definition) is 3. The van der Waals surface area contributed by atoms with Gasteiger partial charge in [0.15, 0.2) is 0 Å². The van der Waals surface area contributed by atoms with E-state index in [1.807, 2.05) is 71.0 Å². The first-order chi connectivity index (χ1) is 15.0. The molecule has 174 valence electrons. The Balaban J connectivity index is 2.17. The van der Waals surface area contributed by atoms with E-state index in [2.05, 4.69) is 5.32 Å². The van der Waals surface area contributed by atoms with Gasteiger partial charge in [-0.25, -0.2) is 0 Å². The molecule has 0 radical (unpaired) electrons. The van der Waals surface area contributed by atoms with E-state index in [9.17, 15) is 9.59 Å². The SMILES string of the molecule is CC[C@H](C(=O)NC(C)(C)C)N(Cc1ccccc1C)C(=O)CSCc1ccc(Cl)c(Cl)c1. The number of hydrogen-bond donors (Lipinski definition) is 1. The van der Waals surface area contributed by atoms with Crippen molar-refractivity contribution in [3.05, 3.63) is 69.2 Å². The molecular formula is C25H32Cl2N2O2S. The molecule has 0 aliphatic carbocycles. The first kappa shape index (κ1) is 26.6. The van der Waals surface area contributed by atoms with Gasteiger partial charge in [-0.15, -0.1) is 11.8 Å². The van der Waals surface area contributed by atoms with Crippen LogP contribution in [0.4, 0.5) is 0 Å². The smallest absolute Gasteiger partial charge is 0.243 e. The van der Waals surface area contributed by atoms with Crippen molar-refractivity contribution in [1.29, 1.82) is 0 Å². The van der Waals surface area contributed by atoms with Gasteiger partial charge in [-0.2, -0.15) is 0 Å². The molecule has 0 bridgehead atoms. The molecule has 1 atom stereocenters. The Bertz CT molecular complexity index is 944. The summed E-state index contributed by atoms with van der Waals surface area (Å²) in [6, 6.07) is 12.9. The molecule has 2 amide bonds. The van der Waals surface area contributed by atoms with Gasteiger partial charge in [0.1, 0.15) is 6.04 Å². The van der Waals surface area contributed by atoms with Crippen LogP contribution < -0.4 is 5.32 Å². The van der Waals surface area contributed by atoms with Crippen LogP contribution in [0.5, 0.6) is 0 Å². The van der Waals surface area contributed by atoms with E-state index < -0.39 is 6.04 Å². The zero-order chi connectivity index (χ0) is 23.9. The lowest BCUT2D eigenvalue weighted by Crippen LogP contribution is -2.53. The first-order valence-corrected chi connectivity index (χ1v) is 12.6. The van der Waals surface area contributed by atoms with E-state index in [4.69, 9.17) is 23.2 Å². The van der Waals surface area contributed by atoms with Crippen LogP contribution in [0.1, 0.15) is 50.8 Å². The van der Waals surface area contributed by atoms with Gasteiger partial charge >= 0.3 is 0 Å². The van der Waals surface area contributed by atoms with Crippen molar-refractivity contribution in [2.45, 2.75) is 64.9 Å². The number of amides is 2. The Hall–Kier alpha value is -1.69. The fourth-order valence-electron chi connectivity index (χ4n) is 3.31. The van der Waals surface area contributed by atoms with Crippen molar-refractivity contribution in [2.75, 3.05) is 5.75 Å². The van der Waals surface area contributed by atoms with Crippen LogP contribution in [0.15, 0.2) is 42.5 Å². The average Bonchev–Trinajstić information content (AvgIpc) is 2.70. The molecule has 0 aromatic heterocycles. The van der Waals surface area contributed by atoms with Crippen molar-refractivity contribution >= 4 is 46.8 Å². The fraction of sp³-hybridized carbons (Fsp3) is 0.440. The molecule has 7 heteroatoms. The third-order valence-corrected chi connectivity index (χ3v) is 6.69. The summed E-state index contributed by atoms with van der Waals surface area (Å²) in [5.41, 5.74) is 2.77. The predicted octanol–water partition coefficient (Wildman–Crippen LogP) is 6.26. The molecule has 0 aliphatic rings. The highest BCUT2D eigenvalue weighted by molar-refractivity contribution is 7.99. The predicted molar refractivity (Wildman–Crippen MR) is 136 cm³/mol. The van der Waals surface area contributed by atoms with Crippen molar-refractivity contribution in [1.82, 2.24) is 10.2 Å². The van der Waals surface area contributed by atoms with Crippen LogP contribution >= 0.6 is 35.0 Å². The van der Waals surface area contributed by atoms with E-state index >= 15 is 0 Å². The number of halogens is 2. The lowest BCUT2D eigenvalue weighted by atomic mass is 10.0. The van der Waals surface area contributed by atoms with Gasteiger partial charge in [0.25, 0.3) is 0 Å². The second-order valence-electron chi connectivity index (χ2n) is 8.85. The molecule has 0 saturated carbocycles. The molecule has 0 fully saturated rings. The average molecular weight is 496 g/mol. The molecule has 0 aliphatic heterocycles. The maximum absolute atomic E-state index is 13.3. The minimum absolute atomic E-state index is 0.0609. The van der Waals surface area contributed by atoms with Gasteiger partial charge < -0.3 is 10.2 Å². The molecule has 1 N–H and O–H groups in total. The van der Waals surface area contributed by atoms with Crippen molar-refractivity contribution < 1.29 is 9.59 Å². The van der Waals surface area contributed by atoms with Crippen LogP contribution in [0, 0.1) is 6.92 Å². The van der Waals surface area contributed by atoms with Crippen LogP contribution in [0.25, 0.3) is 0 Å². The summed E-state index contributed by atoms with van der Waals surface area (Å²) in [7, 11) is 0. The van der Waals surface area contributed by atoms with Gasteiger partial charge in [-0.3, -0.25) is 9.59 Å². The Labute approximate surface area is 206 Å². The minimum atomic E-state index is -0.535. The third kappa shape index (κ3) is 8.02. The second-order valence-corrected chi connectivity index (χ2v) is 10.7. The van der Waals surface area contributed by atoms with Gasteiger partial charge in [0, 0.05) is 17.8 Å².